The second-order valence-electron chi connectivity index (χ2n) is 5.76. The average Bonchev–Trinajstić information content (AvgIpc) is 2.49. The Labute approximate surface area is 133 Å². The summed E-state index contributed by atoms with van der Waals surface area (Å²) in [6.07, 6.45) is 7.75. The first-order valence-corrected chi connectivity index (χ1v) is 7.80. The standard InChI is InChI=1S/C18H27NO3/c1-14(2)8-6-4-5-7-9-18(21)19-13-15-10-11-16(20)17(12-15)22-3/h4-5,10-12,14,20H,6-9,13H2,1-3H3,(H,19,21)/b5-4+. The van der Waals surface area contributed by atoms with Crippen LogP contribution in [0.15, 0.2) is 30.4 Å². The molecule has 2 N–H and O–H groups in total. The molecule has 0 spiro atoms. The molecule has 1 amide bonds. The predicted molar refractivity (Wildman–Crippen MR) is 89.0 cm³/mol. The number of allylic oxidation sites excluding steroid dienone is 2. The number of benzene rings is 1. The van der Waals surface area contributed by atoms with Gasteiger partial charge in [-0.1, -0.05) is 32.1 Å². The number of ether oxygens (including phenoxy) is 1. The molecule has 0 radical (unpaired) electrons. The zero-order chi connectivity index (χ0) is 16.4. The predicted octanol–water partition coefficient (Wildman–Crippen LogP) is 3.79. The molecule has 0 aliphatic heterocycles. The van der Waals surface area contributed by atoms with Gasteiger partial charge in [0.1, 0.15) is 0 Å². The van der Waals surface area contributed by atoms with Crippen molar-refractivity contribution in [3.8, 4) is 11.5 Å². The number of hydrogen-bond acceptors (Lipinski definition) is 3. The Morgan fingerprint density at radius 3 is 2.73 bits per heavy atom. The molecule has 0 heterocycles. The highest BCUT2D eigenvalue weighted by Gasteiger charge is 2.04. The molecule has 0 saturated heterocycles. The average molecular weight is 305 g/mol. The van der Waals surface area contributed by atoms with Crippen molar-refractivity contribution in [1.82, 2.24) is 5.32 Å². The Balaban J connectivity index is 2.26. The van der Waals surface area contributed by atoms with E-state index in [1.807, 2.05) is 0 Å². The lowest BCUT2D eigenvalue weighted by molar-refractivity contribution is -0.121. The van der Waals surface area contributed by atoms with Crippen LogP contribution < -0.4 is 10.1 Å². The second kappa shape index (κ2) is 9.87. The molecule has 4 nitrogen and oxygen atoms in total. The maximum absolute atomic E-state index is 11.8. The highest BCUT2D eigenvalue weighted by molar-refractivity contribution is 5.76. The van der Waals surface area contributed by atoms with Crippen LogP contribution in [0.5, 0.6) is 11.5 Å². The number of nitrogens with one attached hydrogen (secondary N) is 1. The third-order valence-electron chi connectivity index (χ3n) is 3.35. The van der Waals surface area contributed by atoms with E-state index in [9.17, 15) is 9.90 Å². The highest BCUT2D eigenvalue weighted by atomic mass is 16.5. The molecule has 0 aromatic heterocycles. The number of phenolic OH excluding ortho intramolecular Hbond substituents is 1. The minimum Gasteiger partial charge on any atom is -0.504 e. The van der Waals surface area contributed by atoms with E-state index in [1.165, 1.54) is 13.5 Å². The van der Waals surface area contributed by atoms with Gasteiger partial charge in [0, 0.05) is 13.0 Å². The maximum atomic E-state index is 11.8. The van der Waals surface area contributed by atoms with Gasteiger partial charge in [0.25, 0.3) is 0 Å². The maximum Gasteiger partial charge on any atom is 0.220 e. The molecular formula is C18H27NO3. The normalized spacial score (nSPS) is 11.1. The van der Waals surface area contributed by atoms with Gasteiger partial charge < -0.3 is 15.2 Å². The fraction of sp³-hybridized carbons (Fsp3) is 0.500. The van der Waals surface area contributed by atoms with E-state index in [-0.39, 0.29) is 11.7 Å². The Morgan fingerprint density at radius 2 is 2.05 bits per heavy atom. The third-order valence-corrected chi connectivity index (χ3v) is 3.35. The Bertz CT molecular complexity index is 495. The van der Waals surface area contributed by atoms with Crippen LogP contribution >= 0.6 is 0 Å². The topological polar surface area (TPSA) is 58.6 Å². The quantitative estimate of drug-likeness (QED) is 0.682. The van der Waals surface area contributed by atoms with Crippen molar-refractivity contribution >= 4 is 5.91 Å². The van der Waals surface area contributed by atoms with Crippen molar-refractivity contribution in [2.24, 2.45) is 5.92 Å². The summed E-state index contributed by atoms with van der Waals surface area (Å²) >= 11 is 0. The molecule has 122 valence electrons. The zero-order valence-corrected chi connectivity index (χ0v) is 13.8. The molecule has 0 atom stereocenters. The minimum atomic E-state index is 0.0283. The first-order valence-electron chi connectivity index (χ1n) is 7.80. The lowest BCUT2D eigenvalue weighted by Crippen LogP contribution is -2.22. The van der Waals surface area contributed by atoms with Gasteiger partial charge in [-0.2, -0.15) is 0 Å². The molecule has 0 aliphatic carbocycles. The van der Waals surface area contributed by atoms with E-state index in [1.54, 1.807) is 18.2 Å². The van der Waals surface area contributed by atoms with Gasteiger partial charge >= 0.3 is 0 Å². The first-order chi connectivity index (χ1) is 10.5. The number of rotatable bonds is 9. The molecule has 1 aromatic carbocycles. The van der Waals surface area contributed by atoms with Crippen LogP contribution in [0.25, 0.3) is 0 Å². The molecule has 0 aliphatic rings. The second-order valence-corrected chi connectivity index (χ2v) is 5.76. The van der Waals surface area contributed by atoms with Crippen LogP contribution in [-0.4, -0.2) is 18.1 Å². The van der Waals surface area contributed by atoms with Gasteiger partial charge in [0.05, 0.1) is 7.11 Å². The molecule has 0 unspecified atom stereocenters. The summed E-state index contributed by atoms with van der Waals surface area (Å²) in [5.74, 6) is 1.26. The van der Waals surface area contributed by atoms with Crippen LogP contribution in [0, 0.1) is 5.92 Å². The lowest BCUT2D eigenvalue weighted by atomic mass is 10.1. The van der Waals surface area contributed by atoms with Gasteiger partial charge in [-0.15, -0.1) is 0 Å². The molecular weight excluding hydrogens is 278 g/mol. The third kappa shape index (κ3) is 7.16. The number of amides is 1. The summed E-state index contributed by atoms with van der Waals surface area (Å²) < 4.78 is 5.04. The number of carbonyl (C=O) groups is 1. The van der Waals surface area contributed by atoms with Crippen molar-refractivity contribution in [1.29, 1.82) is 0 Å². The van der Waals surface area contributed by atoms with Crippen molar-refractivity contribution in [3.63, 3.8) is 0 Å². The van der Waals surface area contributed by atoms with Crippen molar-refractivity contribution in [3.05, 3.63) is 35.9 Å². The van der Waals surface area contributed by atoms with E-state index in [4.69, 9.17) is 4.74 Å². The summed E-state index contributed by atoms with van der Waals surface area (Å²) in [7, 11) is 1.50. The van der Waals surface area contributed by atoms with Crippen LogP contribution in [0.2, 0.25) is 0 Å². The molecule has 1 rings (SSSR count). The molecule has 4 heteroatoms. The molecule has 0 fully saturated rings. The number of hydrogen-bond donors (Lipinski definition) is 2. The molecule has 0 saturated carbocycles. The fourth-order valence-corrected chi connectivity index (χ4v) is 2.00. The number of aromatic hydroxyl groups is 1. The van der Waals surface area contributed by atoms with Gasteiger partial charge in [-0.3, -0.25) is 4.79 Å². The van der Waals surface area contributed by atoms with Crippen LogP contribution in [0.4, 0.5) is 0 Å². The van der Waals surface area contributed by atoms with E-state index in [2.05, 4.69) is 31.3 Å². The van der Waals surface area contributed by atoms with Crippen molar-refractivity contribution in [2.75, 3.05) is 7.11 Å². The number of methoxy groups -OCH3 is 1. The summed E-state index contributed by atoms with van der Waals surface area (Å²) in [6, 6.07) is 5.06. The summed E-state index contributed by atoms with van der Waals surface area (Å²) in [5.41, 5.74) is 0.899. The summed E-state index contributed by atoms with van der Waals surface area (Å²) in [4.78, 5) is 11.8. The monoisotopic (exact) mass is 305 g/mol. The zero-order valence-electron chi connectivity index (χ0n) is 13.8. The van der Waals surface area contributed by atoms with Gasteiger partial charge in [0.2, 0.25) is 5.91 Å². The van der Waals surface area contributed by atoms with E-state index >= 15 is 0 Å². The van der Waals surface area contributed by atoms with Crippen molar-refractivity contribution < 1.29 is 14.6 Å². The van der Waals surface area contributed by atoms with Gasteiger partial charge in [-0.05, 0) is 42.9 Å². The summed E-state index contributed by atoms with van der Waals surface area (Å²) in [5, 5.41) is 12.4. The SMILES string of the molecule is COc1cc(CNC(=O)CC/C=C/CCC(C)C)ccc1O. The largest absolute Gasteiger partial charge is 0.504 e. The first kappa shape index (κ1) is 18.1. The molecule has 1 aromatic rings. The van der Waals surface area contributed by atoms with E-state index in [0.717, 1.165) is 24.3 Å². The number of phenols is 1. The lowest BCUT2D eigenvalue weighted by Gasteiger charge is -2.08. The Morgan fingerprint density at radius 1 is 1.32 bits per heavy atom. The number of carbonyl (C=O) groups excluding carboxylic acids is 1. The summed E-state index contributed by atoms with van der Waals surface area (Å²) in [6.45, 7) is 4.85. The van der Waals surface area contributed by atoms with Crippen LogP contribution in [-0.2, 0) is 11.3 Å². The van der Waals surface area contributed by atoms with Gasteiger partial charge in [-0.25, -0.2) is 0 Å². The van der Waals surface area contributed by atoms with Crippen molar-refractivity contribution in [2.45, 2.75) is 46.1 Å². The Hall–Kier alpha value is -1.97. The molecule has 22 heavy (non-hydrogen) atoms. The Kier molecular flexibility index (Phi) is 8.11. The van der Waals surface area contributed by atoms with E-state index < -0.39 is 0 Å². The van der Waals surface area contributed by atoms with Gasteiger partial charge in [0.15, 0.2) is 11.5 Å². The highest BCUT2D eigenvalue weighted by Crippen LogP contribution is 2.26. The minimum absolute atomic E-state index is 0.0283. The smallest absolute Gasteiger partial charge is 0.220 e. The van der Waals surface area contributed by atoms with E-state index in [0.29, 0.717) is 18.7 Å². The van der Waals surface area contributed by atoms with Crippen LogP contribution in [0.3, 0.4) is 0 Å². The molecule has 0 bridgehead atoms. The van der Waals surface area contributed by atoms with Crippen LogP contribution in [0.1, 0.15) is 45.1 Å². The fourth-order valence-electron chi connectivity index (χ4n) is 2.00.